The van der Waals surface area contributed by atoms with Crippen LogP contribution >= 0.6 is 11.6 Å². The lowest BCUT2D eigenvalue weighted by atomic mass is 10.1. The molecule has 2 heterocycles. The number of hydrogen-bond donors (Lipinski definition) is 1. The minimum atomic E-state index is -0.255. The number of amides is 1. The van der Waals surface area contributed by atoms with Gasteiger partial charge in [-0.25, -0.2) is 4.98 Å². The van der Waals surface area contributed by atoms with E-state index in [-0.39, 0.29) is 23.8 Å². The van der Waals surface area contributed by atoms with Gasteiger partial charge in [-0.2, -0.15) is 9.50 Å². The monoisotopic (exact) mass is 407 g/mol. The summed E-state index contributed by atoms with van der Waals surface area (Å²) in [7, 11) is 0. The van der Waals surface area contributed by atoms with Crippen LogP contribution in [-0.2, 0) is 6.54 Å². The molecule has 7 nitrogen and oxygen atoms in total. The van der Waals surface area contributed by atoms with Crippen molar-refractivity contribution in [3.05, 3.63) is 92.6 Å². The summed E-state index contributed by atoms with van der Waals surface area (Å²) in [6.07, 6.45) is 0. The number of aryl methyl sites for hydroxylation is 2. The molecule has 0 fully saturated rings. The first-order valence-corrected chi connectivity index (χ1v) is 9.38. The highest BCUT2D eigenvalue weighted by atomic mass is 35.5. The molecule has 0 aliphatic carbocycles. The maximum absolute atomic E-state index is 13.4. The average Bonchev–Trinajstić information content (AvgIpc) is 3.10. The number of aromatic nitrogens is 4. The average molecular weight is 408 g/mol. The number of anilines is 1. The van der Waals surface area contributed by atoms with E-state index in [9.17, 15) is 9.59 Å². The molecule has 0 saturated carbocycles. The van der Waals surface area contributed by atoms with Gasteiger partial charge >= 0.3 is 0 Å². The third kappa shape index (κ3) is 3.77. The number of hydrogen-bond acceptors (Lipinski definition) is 4. The fraction of sp³-hybridized carbons (Fsp3) is 0.143. The molecule has 146 valence electrons. The van der Waals surface area contributed by atoms with Crippen LogP contribution in [0.4, 0.5) is 5.69 Å². The van der Waals surface area contributed by atoms with Gasteiger partial charge in [-0.1, -0.05) is 29.8 Å². The van der Waals surface area contributed by atoms with Crippen LogP contribution < -0.4 is 10.5 Å². The van der Waals surface area contributed by atoms with E-state index in [0.717, 1.165) is 5.56 Å². The molecule has 0 atom stereocenters. The molecule has 0 saturated heterocycles. The van der Waals surface area contributed by atoms with Crippen LogP contribution in [0.2, 0.25) is 5.02 Å². The van der Waals surface area contributed by atoms with Crippen molar-refractivity contribution in [3.8, 4) is 0 Å². The number of nitrogens with one attached hydrogen (secondary N) is 1. The van der Waals surface area contributed by atoms with E-state index < -0.39 is 0 Å². The third-order valence-electron chi connectivity index (χ3n) is 4.57. The van der Waals surface area contributed by atoms with Gasteiger partial charge in [0.2, 0.25) is 0 Å². The normalized spacial score (nSPS) is 11.0. The molecule has 0 spiro atoms. The standard InChI is InChI=1S/C21H18ClN5O2/c1-13-5-3-4-6-17(13)20(29)26(16-9-7-15(22)8-10-16)12-18-24-21-23-14(2)11-19(28)27(21)25-18/h3-11H,12H2,1-2H3,(H,23,24,25). The predicted molar refractivity (Wildman–Crippen MR) is 111 cm³/mol. The molecule has 0 bridgehead atoms. The lowest BCUT2D eigenvalue weighted by Gasteiger charge is -2.22. The van der Waals surface area contributed by atoms with Gasteiger partial charge in [0.15, 0.2) is 0 Å². The Morgan fingerprint density at radius 3 is 2.55 bits per heavy atom. The second-order valence-corrected chi connectivity index (χ2v) is 7.16. The van der Waals surface area contributed by atoms with E-state index in [2.05, 4.69) is 15.1 Å². The summed E-state index contributed by atoms with van der Waals surface area (Å²) in [5, 5.41) is 3.51. The van der Waals surface area contributed by atoms with Crippen LogP contribution in [0.5, 0.6) is 0 Å². The highest BCUT2D eigenvalue weighted by Gasteiger charge is 2.21. The van der Waals surface area contributed by atoms with Gasteiger partial charge in [0.05, 0.1) is 6.54 Å². The van der Waals surface area contributed by atoms with E-state index in [1.165, 1.54) is 10.6 Å². The second-order valence-electron chi connectivity index (χ2n) is 6.72. The van der Waals surface area contributed by atoms with Gasteiger partial charge in [0, 0.05) is 28.0 Å². The Kier molecular flexibility index (Phi) is 4.90. The van der Waals surface area contributed by atoms with Crippen molar-refractivity contribution in [1.29, 1.82) is 0 Å². The lowest BCUT2D eigenvalue weighted by Crippen LogP contribution is -2.31. The molecular weight excluding hydrogens is 390 g/mol. The maximum atomic E-state index is 13.4. The van der Waals surface area contributed by atoms with E-state index in [0.29, 0.717) is 27.8 Å². The topological polar surface area (TPSA) is 83.4 Å². The molecule has 0 radical (unpaired) electrons. The minimum Gasteiger partial charge on any atom is -0.301 e. The van der Waals surface area contributed by atoms with Gasteiger partial charge in [0.1, 0.15) is 5.82 Å². The number of nitrogens with zero attached hydrogens (tertiary/aromatic N) is 4. The van der Waals surface area contributed by atoms with Gasteiger partial charge in [-0.3, -0.25) is 14.7 Å². The molecule has 2 aromatic heterocycles. The number of fused-ring (bicyclic) bond motifs is 1. The van der Waals surface area contributed by atoms with Crippen molar-refractivity contribution in [2.24, 2.45) is 0 Å². The summed E-state index contributed by atoms with van der Waals surface area (Å²) in [4.78, 5) is 35.8. The van der Waals surface area contributed by atoms with Crippen LogP contribution in [0.15, 0.2) is 59.4 Å². The summed E-state index contributed by atoms with van der Waals surface area (Å²) < 4.78 is 1.26. The summed E-state index contributed by atoms with van der Waals surface area (Å²) >= 11 is 6.02. The van der Waals surface area contributed by atoms with Gasteiger partial charge < -0.3 is 4.90 Å². The van der Waals surface area contributed by atoms with Crippen molar-refractivity contribution in [3.63, 3.8) is 0 Å². The SMILES string of the molecule is Cc1cc(=O)n2[nH]c(CN(C(=O)c3ccccc3C)c3ccc(Cl)cc3)nc2n1. The Morgan fingerprint density at radius 2 is 1.83 bits per heavy atom. The van der Waals surface area contributed by atoms with Crippen molar-refractivity contribution in [1.82, 2.24) is 19.6 Å². The highest BCUT2D eigenvalue weighted by Crippen LogP contribution is 2.23. The number of aromatic amines is 1. The molecule has 0 aliphatic heterocycles. The zero-order chi connectivity index (χ0) is 20.5. The number of H-pyrrole nitrogens is 1. The lowest BCUT2D eigenvalue weighted by molar-refractivity contribution is 0.0984. The Labute approximate surface area is 171 Å². The molecule has 8 heteroatoms. The Morgan fingerprint density at radius 1 is 1.10 bits per heavy atom. The van der Waals surface area contributed by atoms with Crippen molar-refractivity contribution in [2.75, 3.05) is 4.90 Å². The summed E-state index contributed by atoms with van der Waals surface area (Å²) in [5.41, 5.74) is 2.45. The van der Waals surface area contributed by atoms with Crippen LogP contribution in [0.3, 0.4) is 0 Å². The first-order chi connectivity index (χ1) is 13.9. The molecule has 1 N–H and O–H groups in total. The molecule has 4 rings (SSSR count). The summed E-state index contributed by atoms with van der Waals surface area (Å²) in [6, 6.07) is 15.8. The molecule has 0 unspecified atom stereocenters. The number of benzene rings is 2. The van der Waals surface area contributed by atoms with Crippen LogP contribution in [0.25, 0.3) is 5.78 Å². The van der Waals surface area contributed by atoms with E-state index >= 15 is 0 Å². The van der Waals surface area contributed by atoms with E-state index in [1.807, 2.05) is 25.1 Å². The largest absolute Gasteiger partial charge is 0.301 e. The van der Waals surface area contributed by atoms with Gasteiger partial charge in [-0.05, 0) is 49.7 Å². The van der Waals surface area contributed by atoms with Crippen LogP contribution in [0, 0.1) is 13.8 Å². The zero-order valence-corrected chi connectivity index (χ0v) is 16.6. The quantitative estimate of drug-likeness (QED) is 0.561. The van der Waals surface area contributed by atoms with Crippen LogP contribution in [0.1, 0.15) is 27.4 Å². The summed E-state index contributed by atoms with van der Waals surface area (Å²) in [6.45, 7) is 3.76. The second kappa shape index (κ2) is 7.52. The predicted octanol–water partition coefficient (Wildman–Crippen LogP) is 3.53. The number of carbonyl (C=O) groups excluding carboxylic acids is 1. The summed E-state index contributed by atoms with van der Waals surface area (Å²) in [5.74, 6) is 0.531. The molecular formula is C21H18ClN5O2. The fourth-order valence-corrected chi connectivity index (χ4v) is 3.24. The third-order valence-corrected chi connectivity index (χ3v) is 4.82. The molecule has 1 amide bonds. The molecule has 29 heavy (non-hydrogen) atoms. The number of carbonyl (C=O) groups is 1. The van der Waals surface area contributed by atoms with Crippen molar-refractivity contribution < 1.29 is 4.79 Å². The van der Waals surface area contributed by atoms with E-state index in [1.54, 1.807) is 42.2 Å². The van der Waals surface area contributed by atoms with E-state index in [4.69, 9.17) is 11.6 Å². The Bertz CT molecular complexity index is 1260. The van der Waals surface area contributed by atoms with Gasteiger partial charge in [0.25, 0.3) is 17.2 Å². The zero-order valence-electron chi connectivity index (χ0n) is 15.9. The number of rotatable bonds is 4. The molecule has 2 aromatic carbocycles. The van der Waals surface area contributed by atoms with Crippen molar-refractivity contribution in [2.45, 2.75) is 20.4 Å². The van der Waals surface area contributed by atoms with Gasteiger partial charge in [-0.15, -0.1) is 0 Å². The van der Waals surface area contributed by atoms with Crippen molar-refractivity contribution >= 4 is 29.0 Å². The first kappa shape index (κ1) is 18.9. The number of halogens is 1. The highest BCUT2D eigenvalue weighted by molar-refractivity contribution is 6.30. The fourth-order valence-electron chi connectivity index (χ4n) is 3.12. The first-order valence-electron chi connectivity index (χ1n) is 9.01. The molecule has 0 aliphatic rings. The Balaban J connectivity index is 1.77. The maximum Gasteiger partial charge on any atom is 0.274 e. The minimum absolute atomic E-state index is 0.136. The smallest absolute Gasteiger partial charge is 0.274 e. The van der Waals surface area contributed by atoms with Crippen LogP contribution in [-0.4, -0.2) is 25.5 Å². The molecule has 4 aromatic rings. The Hall–Kier alpha value is -3.45.